The van der Waals surface area contributed by atoms with Crippen LogP contribution >= 0.6 is 11.3 Å². The summed E-state index contributed by atoms with van der Waals surface area (Å²) in [6.07, 6.45) is 3.34. The Morgan fingerprint density at radius 3 is 2.96 bits per heavy atom. The molecule has 1 aliphatic rings. The number of urea groups is 1. The highest BCUT2D eigenvalue weighted by Gasteiger charge is 2.23. The first-order valence-corrected chi connectivity index (χ1v) is 9.64. The van der Waals surface area contributed by atoms with Gasteiger partial charge in [-0.1, -0.05) is 18.2 Å². The zero-order chi connectivity index (χ0) is 18.6. The van der Waals surface area contributed by atoms with E-state index in [1.807, 2.05) is 35.7 Å². The zero-order valence-electron chi connectivity index (χ0n) is 14.7. The van der Waals surface area contributed by atoms with Gasteiger partial charge in [-0.05, 0) is 12.1 Å². The second kappa shape index (κ2) is 7.71. The van der Waals surface area contributed by atoms with Crippen molar-refractivity contribution >= 4 is 34.2 Å². The van der Waals surface area contributed by atoms with Crippen LogP contribution in [0.4, 0.5) is 4.79 Å². The first-order valence-electron chi connectivity index (χ1n) is 8.76. The Morgan fingerprint density at radius 2 is 2.19 bits per heavy atom. The van der Waals surface area contributed by atoms with Crippen molar-refractivity contribution in [1.29, 1.82) is 0 Å². The third-order valence-electron chi connectivity index (χ3n) is 4.52. The summed E-state index contributed by atoms with van der Waals surface area (Å²) >= 11 is 1.51. The average Bonchev–Trinajstić information content (AvgIpc) is 3.36. The van der Waals surface area contributed by atoms with Crippen molar-refractivity contribution in [2.24, 2.45) is 0 Å². The van der Waals surface area contributed by atoms with E-state index in [-0.39, 0.29) is 11.9 Å². The lowest BCUT2D eigenvalue weighted by atomic mass is 10.1. The van der Waals surface area contributed by atoms with E-state index in [0.29, 0.717) is 38.3 Å². The minimum Gasteiger partial charge on any atom is -0.336 e. The molecule has 0 atom stereocenters. The van der Waals surface area contributed by atoms with E-state index < -0.39 is 0 Å². The van der Waals surface area contributed by atoms with E-state index >= 15 is 0 Å². The van der Waals surface area contributed by atoms with Crippen LogP contribution in [0, 0.1) is 0 Å². The molecule has 1 aromatic carbocycles. The van der Waals surface area contributed by atoms with Crippen molar-refractivity contribution in [2.75, 3.05) is 26.2 Å². The molecule has 0 spiro atoms. The van der Waals surface area contributed by atoms with E-state index in [4.69, 9.17) is 0 Å². The van der Waals surface area contributed by atoms with E-state index in [0.717, 1.165) is 15.9 Å². The summed E-state index contributed by atoms with van der Waals surface area (Å²) in [5.41, 5.74) is 1.39. The van der Waals surface area contributed by atoms with Crippen molar-refractivity contribution in [2.45, 2.75) is 6.54 Å². The molecule has 0 saturated carbocycles. The fourth-order valence-corrected chi connectivity index (χ4v) is 3.71. The van der Waals surface area contributed by atoms with Crippen LogP contribution in [0.25, 0.3) is 10.9 Å². The van der Waals surface area contributed by atoms with Crippen molar-refractivity contribution in [3.8, 4) is 0 Å². The van der Waals surface area contributed by atoms with E-state index in [2.05, 4.69) is 15.3 Å². The van der Waals surface area contributed by atoms with Crippen LogP contribution < -0.4 is 5.32 Å². The topological polar surface area (TPSA) is 78.4 Å². The van der Waals surface area contributed by atoms with Gasteiger partial charge in [0.1, 0.15) is 5.01 Å². The van der Waals surface area contributed by atoms with Gasteiger partial charge < -0.3 is 15.1 Å². The second-order valence-corrected chi connectivity index (χ2v) is 7.27. The summed E-state index contributed by atoms with van der Waals surface area (Å²) < 4.78 is 0. The standard InChI is InChI=1S/C19H19N5O2S/c25-18(15-11-14-3-1-2-4-16(14)22-12-15)24(13-17-20-6-10-27-17)9-8-23-7-5-21-19(23)26/h1-4,6,10-12H,5,7-9,13H2,(H,21,26). The van der Waals surface area contributed by atoms with Crippen LogP contribution in [-0.4, -0.2) is 57.9 Å². The lowest BCUT2D eigenvalue weighted by Gasteiger charge is -2.24. The monoisotopic (exact) mass is 381 g/mol. The Hall–Kier alpha value is -3.00. The fourth-order valence-electron chi connectivity index (χ4n) is 3.08. The molecule has 0 unspecified atom stereocenters. The van der Waals surface area contributed by atoms with Crippen LogP contribution in [0.2, 0.25) is 0 Å². The number of pyridine rings is 1. The van der Waals surface area contributed by atoms with Gasteiger partial charge >= 0.3 is 6.03 Å². The maximum absolute atomic E-state index is 13.1. The fraction of sp³-hybridized carbons (Fsp3) is 0.263. The van der Waals surface area contributed by atoms with Gasteiger partial charge in [0.25, 0.3) is 5.91 Å². The quantitative estimate of drug-likeness (QED) is 0.711. The molecule has 7 nitrogen and oxygen atoms in total. The molecular formula is C19H19N5O2S. The van der Waals surface area contributed by atoms with Gasteiger partial charge in [-0.3, -0.25) is 9.78 Å². The van der Waals surface area contributed by atoms with Gasteiger partial charge in [0.15, 0.2) is 0 Å². The lowest BCUT2D eigenvalue weighted by Crippen LogP contribution is -2.39. The maximum Gasteiger partial charge on any atom is 0.317 e. The third-order valence-corrected chi connectivity index (χ3v) is 5.28. The first kappa shape index (κ1) is 17.4. The number of fused-ring (bicyclic) bond motifs is 1. The van der Waals surface area contributed by atoms with Crippen LogP contribution in [0.5, 0.6) is 0 Å². The molecule has 27 heavy (non-hydrogen) atoms. The van der Waals surface area contributed by atoms with E-state index in [9.17, 15) is 9.59 Å². The summed E-state index contributed by atoms with van der Waals surface area (Å²) in [7, 11) is 0. The summed E-state index contributed by atoms with van der Waals surface area (Å²) in [5, 5.41) is 6.47. The molecule has 2 aromatic heterocycles. The number of hydrogen-bond acceptors (Lipinski definition) is 5. The molecule has 0 aliphatic carbocycles. The van der Waals surface area contributed by atoms with Crippen LogP contribution in [-0.2, 0) is 6.54 Å². The molecule has 1 aliphatic heterocycles. The van der Waals surface area contributed by atoms with Crippen molar-refractivity contribution in [3.05, 3.63) is 58.7 Å². The number of nitrogens with zero attached hydrogens (tertiary/aromatic N) is 4. The minimum absolute atomic E-state index is 0.0796. The molecule has 0 bridgehead atoms. The molecule has 8 heteroatoms. The zero-order valence-corrected chi connectivity index (χ0v) is 15.5. The van der Waals surface area contributed by atoms with Gasteiger partial charge in [0.2, 0.25) is 0 Å². The third kappa shape index (κ3) is 3.90. The summed E-state index contributed by atoms with van der Waals surface area (Å²) in [4.78, 5) is 37.1. The Morgan fingerprint density at radius 1 is 1.30 bits per heavy atom. The van der Waals surface area contributed by atoms with Gasteiger partial charge in [0, 0.05) is 49.3 Å². The molecule has 0 radical (unpaired) electrons. The number of amides is 3. The summed E-state index contributed by atoms with van der Waals surface area (Å²) in [5.74, 6) is -0.108. The SMILES string of the molecule is O=C1NCCN1CCN(Cc1nccs1)C(=O)c1cnc2ccccc2c1. The molecular weight excluding hydrogens is 362 g/mol. The van der Waals surface area contributed by atoms with Gasteiger partial charge in [-0.2, -0.15) is 0 Å². The van der Waals surface area contributed by atoms with E-state index in [1.54, 1.807) is 22.2 Å². The van der Waals surface area contributed by atoms with Gasteiger partial charge in [-0.25, -0.2) is 9.78 Å². The van der Waals surface area contributed by atoms with Gasteiger partial charge in [-0.15, -0.1) is 11.3 Å². The Balaban J connectivity index is 1.55. The second-order valence-electron chi connectivity index (χ2n) is 6.29. The smallest absolute Gasteiger partial charge is 0.317 e. The Kier molecular flexibility index (Phi) is 4.97. The summed E-state index contributed by atoms with van der Waals surface area (Å²) in [6, 6.07) is 9.50. The predicted octanol–water partition coefficient (Wildman–Crippen LogP) is 2.36. The first-order chi connectivity index (χ1) is 13.2. The summed E-state index contributed by atoms with van der Waals surface area (Å²) in [6.45, 7) is 2.66. The Labute approximate surface area is 160 Å². The number of rotatable bonds is 6. The number of para-hydroxylation sites is 1. The molecule has 3 heterocycles. The molecule has 1 N–H and O–H groups in total. The number of hydrogen-bond donors (Lipinski definition) is 1. The number of thiazole rings is 1. The number of carbonyl (C=O) groups is 2. The van der Waals surface area contributed by atoms with E-state index in [1.165, 1.54) is 11.3 Å². The van der Waals surface area contributed by atoms with Crippen molar-refractivity contribution in [3.63, 3.8) is 0 Å². The largest absolute Gasteiger partial charge is 0.336 e. The minimum atomic E-state index is -0.108. The molecule has 138 valence electrons. The van der Waals surface area contributed by atoms with Crippen molar-refractivity contribution in [1.82, 2.24) is 25.1 Å². The number of aromatic nitrogens is 2. The lowest BCUT2D eigenvalue weighted by molar-refractivity contribution is 0.0730. The van der Waals surface area contributed by atoms with Crippen LogP contribution in [0.15, 0.2) is 48.1 Å². The maximum atomic E-state index is 13.1. The molecule has 4 rings (SSSR count). The predicted molar refractivity (Wildman–Crippen MR) is 104 cm³/mol. The van der Waals surface area contributed by atoms with Crippen LogP contribution in [0.1, 0.15) is 15.4 Å². The highest BCUT2D eigenvalue weighted by molar-refractivity contribution is 7.09. The number of carbonyl (C=O) groups excluding carboxylic acids is 2. The number of benzene rings is 1. The van der Waals surface area contributed by atoms with Crippen molar-refractivity contribution < 1.29 is 9.59 Å². The molecule has 3 aromatic rings. The van der Waals surface area contributed by atoms with Crippen LogP contribution in [0.3, 0.4) is 0 Å². The molecule has 3 amide bonds. The Bertz CT molecular complexity index is 960. The highest BCUT2D eigenvalue weighted by Crippen LogP contribution is 2.16. The normalized spacial score (nSPS) is 13.8. The molecule has 1 fully saturated rings. The average molecular weight is 381 g/mol. The highest BCUT2D eigenvalue weighted by atomic mass is 32.1. The number of nitrogens with one attached hydrogen (secondary N) is 1. The molecule has 1 saturated heterocycles. The van der Waals surface area contributed by atoms with Gasteiger partial charge in [0.05, 0.1) is 17.6 Å².